The number of rotatable bonds is 3. The summed E-state index contributed by atoms with van der Waals surface area (Å²) in [5, 5.41) is 0. The van der Waals surface area contributed by atoms with Crippen molar-refractivity contribution in [1.29, 1.82) is 0 Å². The van der Waals surface area contributed by atoms with Gasteiger partial charge in [-0.15, -0.1) is 0 Å². The van der Waals surface area contributed by atoms with Crippen molar-refractivity contribution in [2.24, 2.45) is 11.1 Å². The van der Waals surface area contributed by atoms with E-state index in [1.54, 1.807) is 0 Å². The summed E-state index contributed by atoms with van der Waals surface area (Å²) in [4.78, 5) is 0. The molecule has 1 unspecified atom stereocenters. The molecule has 0 amide bonds. The summed E-state index contributed by atoms with van der Waals surface area (Å²) in [6.07, 6.45) is 5.32. The maximum absolute atomic E-state index is 6.01. The molecular formula is C14H21N. The average molecular weight is 203 g/mol. The van der Waals surface area contributed by atoms with Crippen molar-refractivity contribution in [2.75, 3.05) is 6.54 Å². The maximum Gasteiger partial charge on any atom is -0.00148 e. The van der Waals surface area contributed by atoms with E-state index >= 15 is 0 Å². The lowest BCUT2D eigenvalue weighted by Gasteiger charge is -2.34. The molecule has 1 saturated carbocycles. The van der Waals surface area contributed by atoms with Crippen LogP contribution in [0.5, 0.6) is 0 Å². The summed E-state index contributed by atoms with van der Waals surface area (Å²) in [5.41, 5.74) is 7.83. The van der Waals surface area contributed by atoms with E-state index in [2.05, 4.69) is 37.3 Å². The lowest BCUT2D eigenvalue weighted by molar-refractivity contribution is 0.252. The Morgan fingerprint density at radius 1 is 1.20 bits per heavy atom. The first kappa shape index (κ1) is 10.7. The second-order valence-electron chi connectivity index (χ2n) is 4.91. The third-order valence-corrected chi connectivity index (χ3v) is 4.22. The molecule has 0 aliphatic heterocycles. The van der Waals surface area contributed by atoms with Gasteiger partial charge >= 0.3 is 0 Å². The van der Waals surface area contributed by atoms with Crippen LogP contribution in [0.3, 0.4) is 0 Å². The Labute approximate surface area is 92.7 Å². The van der Waals surface area contributed by atoms with E-state index < -0.39 is 0 Å². The fourth-order valence-corrected chi connectivity index (χ4v) is 2.99. The van der Waals surface area contributed by atoms with Crippen LogP contribution in [0.1, 0.15) is 44.1 Å². The van der Waals surface area contributed by atoms with Crippen molar-refractivity contribution in [2.45, 2.75) is 38.5 Å². The van der Waals surface area contributed by atoms with Gasteiger partial charge in [0, 0.05) is 0 Å². The van der Waals surface area contributed by atoms with Gasteiger partial charge in [-0.3, -0.25) is 0 Å². The van der Waals surface area contributed by atoms with E-state index in [0.29, 0.717) is 11.3 Å². The minimum Gasteiger partial charge on any atom is -0.330 e. The third-order valence-electron chi connectivity index (χ3n) is 4.22. The molecule has 1 atom stereocenters. The molecule has 2 rings (SSSR count). The summed E-state index contributed by atoms with van der Waals surface area (Å²) >= 11 is 0. The van der Waals surface area contributed by atoms with E-state index in [4.69, 9.17) is 5.73 Å². The maximum atomic E-state index is 6.01. The van der Waals surface area contributed by atoms with Crippen molar-refractivity contribution in [3.63, 3.8) is 0 Å². The van der Waals surface area contributed by atoms with Crippen LogP contribution in [0, 0.1) is 5.41 Å². The quantitative estimate of drug-likeness (QED) is 0.801. The number of hydrogen-bond donors (Lipinski definition) is 1. The van der Waals surface area contributed by atoms with E-state index in [1.165, 1.54) is 31.2 Å². The lowest BCUT2D eigenvalue weighted by atomic mass is 9.72. The first-order chi connectivity index (χ1) is 7.28. The molecule has 1 nitrogen and oxygen atoms in total. The number of benzene rings is 1. The highest BCUT2D eigenvalue weighted by Gasteiger charge is 2.38. The van der Waals surface area contributed by atoms with Crippen LogP contribution in [-0.2, 0) is 0 Å². The SMILES string of the molecule is CC(c1ccccc1)C1(CN)CCCC1. The van der Waals surface area contributed by atoms with Gasteiger partial charge in [0.25, 0.3) is 0 Å². The highest BCUT2D eigenvalue weighted by molar-refractivity contribution is 5.22. The Kier molecular flexibility index (Phi) is 3.11. The van der Waals surface area contributed by atoms with Crippen molar-refractivity contribution in [3.8, 4) is 0 Å². The molecule has 1 aromatic carbocycles. The summed E-state index contributed by atoms with van der Waals surface area (Å²) in [7, 11) is 0. The van der Waals surface area contributed by atoms with E-state index in [1.807, 2.05) is 0 Å². The highest BCUT2D eigenvalue weighted by Crippen LogP contribution is 2.47. The van der Waals surface area contributed by atoms with Gasteiger partial charge in [-0.1, -0.05) is 50.1 Å². The average Bonchev–Trinajstić information content (AvgIpc) is 2.79. The van der Waals surface area contributed by atoms with Crippen LogP contribution in [0.25, 0.3) is 0 Å². The predicted octanol–water partition coefficient (Wildman–Crippen LogP) is 3.31. The molecule has 1 heteroatoms. The molecular weight excluding hydrogens is 182 g/mol. The van der Waals surface area contributed by atoms with Gasteiger partial charge in [0.05, 0.1) is 0 Å². The second kappa shape index (κ2) is 4.36. The topological polar surface area (TPSA) is 26.0 Å². The molecule has 0 radical (unpaired) electrons. The molecule has 1 fully saturated rings. The lowest BCUT2D eigenvalue weighted by Crippen LogP contribution is -2.32. The van der Waals surface area contributed by atoms with Crippen LogP contribution in [0.2, 0.25) is 0 Å². The van der Waals surface area contributed by atoms with Gasteiger partial charge in [0.15, 0.2) is 0 Å². The zero-order valence-electron chi connectivity index (χ0n) is 9.58. The fraction of sp³-hybridized carbons (Fsp3) is 0.571. The van der Waals surface area contributed by atoms with Crippen LogP contribution < -0.4 is 5.73 Å². The molecule has 2 N–H and O–H groups in total. The molecule has 0 aromatic heterocycles. The van der Waals surface area contributed by atoms with Crippen LogP contribution >= 0.6 is 0 Å². The van der Waals surface area contributed by atoms with Gasteiger partial charge in [-0.05, 0) is 36.3 Å². The van der Waals surface area contributed by atoms with Gasteiger partial charge in [0.1, 0.15) is 0 Å². The van der Waals surface area contributed by atoms with E-state index in [9.17, 15) is 0 Å². The second-order valence-corrected chi connectivity index (χ2v) is 4.91. The van der Waals surface area contributed by atoms with Gasteiger partial charge in [-0.25, -0.2) is 0 Å². The normalized spacial score (nSPS) is 21.5. The Balaban J connectivity index is 2.22. The van der Waals surface area contributed by atoms with Crippen LogP contribution in [-0.4, -0.2) is 6.54 Å². The Bertz CT molecular complexity index is 298. The third kappa shape index (κ3) is 1.93. The summed E-state index contributed by atoms with van der Waals surface area (Å²) in [5.74, 6) is 0.603. The minimum absolute atomic E-state index is 0.376. The van der Waals surface area contributed by atoms with Gasteiger partial charge in [-0.2, -0.15) is 0 Å². The van der Waals surface area contributed by atoms with Crippen molar-refractivity contribution < 1.29 is 0 Å². The van der Waals surface area contributed by atoms with Gasteiger partial charge < -0.3 is 5.73 Å². The van der Waals surface area contributed by atoms with Crippen molar-refractivity contribution in [1.82, 2.24) is 0 Å². The summed E-state index contributed by atoms with van der Waals surface area (Å²) in [6.45, 7) is 3.18. The molecule has 15 heavy (non-hydrogen) atoms. The molecule has 0 spiro atoms. The van der Waals surface area contributed by atoms with Gasteiger partial charge in [0.2, 0.25) is 0 Å². The molecule has 1 aliphatic rings. The largest absolute Gasteiger partial charge is 0.330 e. The molecule has 1 aromatic rings. The summed E-state index contributed by atoms with van der Waals surface area (Å²) < 4.78 is 0. The molecule has 1 aliphatic carbocycles. The first-order valence-electron chi connectivity index (χ1n) is 6.03. The molecule has 0 heterocycles. The van der Waals surface area contributed by atoms with Crippen molar-refractivity contribution >= 4 is 0 Å². The zero-order chi connectivity index (χ0) is 10.7. The fourth-order valence-electron chi connectivity index (χ4n) is 2.99. The Hall–Kier alpha value is -0.820. The first-order valence-corrected chi connectivity index (χ1v) is 6.03. The highest BCUT2D eigenvalue weighted by atomic mass is 14.6. The van der Waals surface area contributed by atoms with Crippen LogP contribution in [0.4, 0.5) is 0 Å². The molecule has 0 saturated heterocycles. The van der Waals surface area contributed by atoms with E-state index in [0.717, 1.165) is 6.54 Å². The number of hydrogen-bond acceptors (Lipinski definition) is 1. The predicted molar refractivity (Wildman–Crippen MR) is 64.8 cm³/mol. The van der Waals surface area contributed by atoms with E-state index in [-0.39, 0.29) is 0 Å². The Morgan fingerprint density at radius 3 is 2.33 bits per heavy atom. The zero-order valence-corrected chi connectivity index (χ0v) is 9.58. The standard InChI is InChI=1S/C14H21N/c1-12(13-7-3-2-4-8-13)14(11-15)9-5-6-10-14/h2-4,7-8,12H,5-6,9-11,15H2,1H3. The summed E-state index contributed by atoms with van der Waals surface area (Å²) in [6, 6.07) is 10.8. The number of nitrogens with two attached hydrogens (primary N) is 1. The Morgan fingerprint density at radius 2 is 1.80 bits per heavy atom. The van der Waals surface area contributed by atoms with Crippen molar-refractivity contribution in [3.05, 3.63) is 35.9 Å². The monoisotopic (exact) mass is 203 g/mol. The minimum atomic E-state index is 0.376. The van der Waals surface area contributed by atoms with Crippen LogP contribution in [0.15, 0.2) is 30.3 Å². The molecule has 82 valence electrons. The molecule has 0 bridgehead atoms. The smallest absolute Gasteiger partial charge is 0.00148 e.